The lowest BCUT2D eigenvalue weighted by molar-refractivity contribution is -0.138. The smallest absolute Gasteiger partial charge is 0.413 e. The standard InChI is InChI=1S/C20H30F3NO3SSi.C14H14F3NO3S/c1-19(2,3)29(4,5)27-16-12-18(14-6-7-14)24(13-16)28(25,26)17-10-8-15(9-11-17)20(21,22)23;15-14(16,17)10-3-5-12(6-4-10)22(20,21)18-8-11(19)7-13(18)9-1-2-9/h8-11,14,16,18H,6-7,12-13H2,1-5H3;3-6,9,13H,1-2,7-8H2/t16-,18+;13-/m10/s1. The zero-order valence-electron chi connectivity index (χ0n) is 29.1. The number of hydrogen-bond acceptors (Lipinski definition) is 6. The highest BCUT2D eigenvalue weighted by Gasteiger charge is 2.50. The average molecular weight is 783 g/mol. The van der Waals surface area contributed by atoms with Crippen LogP contribution in [0.15, 0.2) is 58.3 Å². The van der Waals surface area contributed by atoms with Gasteiger partial charge in [0.1, 0.15) is 5.78 Å². The number of ketones is 1. The van der Waals surface area contributed by atoms with Gasteiger partial charge in [-0.2, -0.15) is 35.0 Å². The van der Waals surface area contributed by atoms with Gasteiger partial charge >= 0.3 is 12.4 Å². The summed E-state index contributed by atoms with van der Waals surface area (Å²) < 4.78 is 137. The lowest BCUT2D eigenvalue weighted by Crippen LogP contribution is -2.44. The number of sulfonamides is 2. The fourth-order valence-electron chi connectivity index (χ4n) is 6.40. The third-order valence-corrected chi connectivity index (χ3v) is 18.9. The van der Waals surface area contributed by atoms with Crippen molar-refractivity contribution in [3.8, 4) is 0 Å². The van der Waals surface area contributed by atoms with E-state index in [1.54, 1.807) is 0 Å². The first-order valence-electron chi connectivity index (χ1n) is 16.9. The highest BCUT2D eigenvalue weighted by atomic mass is 32.2. The van der Waals surface area contributed by atoms with Gasteiger partial charge < -0.3 is 4.43 Å². The molecule has 4 aliphatic rings. The van der Waals surface area contributed by atoms with Crippen LogP contribution in [0.5, 0.6) is 0 Å². The maximum atomic E-state index is 13.2. The summed E-state index contributed by atoms with van der Waals surface area (Å²) in [5.74, 6) is 0.357. The molecule has 0 aromatic heterocycles. The summed E-state index contributed by atoms with van der Waals surface area (Å²) in [5.41, 5.74) is -1.75. The summed E-state index contributed by atoms with van der Waals surface area (Å²) in [6.07, 6.45) is -4.59. The molecule has 3 atom stereocenters. The molecule has 284 valence electrons. The van der Waals surface area contributed by atoms with Crippen molar-refractivity contribution in [2.45, 2.75) is 118 Å². The molecule has 2 aromatic rings. The number of benzene rings is 2. The Labute approximate surface area is 296 Å². The Morgan fingerprint density at radius 2 is 1.10 bits per heavy atom. The second-order valence-corrected chi connectivity index (χ2v) is 24.0. The Balaban J connectivity index is 0.000000205. The molecule has 4 fully saturated rings. The Hall–Kier alpha value is -2.31. The van der Waals surface area contributed by atoms with E-state index in [0.29, 0.717) is 12.3 Å². The number of Topliss-reactive ketones (excluding diaryl/α,β-unsaturated/α-hetero) is 1. The molecule has 0 spiro atoms. The van der Waals surface area contributed by atoms with Crippen molar-refractivity contribution in [1.82, 2.24) is 8.61 Å². The Kier molecular flexibility index (Phi) is 10.8. The zero-order valence-corrected chi connectivity index (χ0v) is 31.7. The molecule has 6 rings (SSSR count). The van der Waals surface area contributed by atoms with Crippen LogP contribution in [0.25, 0.3) is 0 Å². The third kappa shape index (κ3) is 8.91. The molecule has 2 saturated heterocycles. The van der Waals surface area contributed by atoms with Crippen molar-refractivity contribution < 1.29 is 52.4 Å². The quantitative estimate of drug-likeness (QED) is 0.201. The van der Waals surface area contributed by atoms with E-state index in [0.717, 1.165) is 78.5 Å². The molecule has 8 nitrogen and oxygen atoms in total. The molecule has 2 aliphatic heterocycles. The lowest BCUT2D eigenvalue weighted by Gasteiger charge is -2.38. The van der Waals surface area contributed by atoms with E-state index in [9.17, 15) is 48.0 Å². The summed E-state index contributed by atoms with van der Waals surface area (Å²) in [6.45, 7) is 10.8. The second-order valence-electron chi connectivity index (χ2n) is 15.5. The van der Waals surface area contributed by atoms with Gasteiger partial charge in [-0.05, 0) is 111 Å². The van der Waals surface area contributed by atoms with Crippen LogP contribution in [0.3, 0.4) is 0 Å². The zero-order chi connectivity index (χ0) is 37.9. The predicted octanol–water partition coefficient (Wildman–Crippen LogP) is 7.72. The minimum Gasteiger partial charge on any atom is -0.413 e. The normalized spacial score (nSPS) is 24.5. The molecule has 2 aromatic carbocycles. The van der Waals surface area contributed by atoms with Crippen LogP contribution in [0.4, 0.5) is 26.3 Å². The number of alkyl halides is 6. The van der Waals surface area contributed by atoms with E-state index >= 15 is 0 Å². The highest BCUT2D eigenvalue weighted by Crippen LogP contribution is 2.46. The van der Waals surface area contributed by atoms with Crippen LogP contribution in [-0.2, 0) is 41.6 Å². The number of halogens is 6. The van der Waals surface area contributed by atoms with Gasteiger partial charge in [0.15, 0.2) is 8.32 Å². The summed E-state index contributed by atoms with van der Waals surface area (Å²) in [4.78, 5) is 11.3. The van der Waals surface area contributed by atoms with Gasteiger partial charge in [0, 0.05) is 25.0 Å². The molecule has 17 heteroatoms. The first-order valence-corrected chi connectivity index (χ1v) is 22.7. The highest BCUT2D eigenvalue weighted by molar-refractivity contribution is 7.89. The molecule has 0 unspecified atom stereocenters. The van der Waals surface area contributed by atoms with Gasteiger partial charge in [0.2, 0.25) is 20.0 Å². The maximum Gasteiger partial charge on any atom is 0.416 e. The fourth-order valence-corrected chi connectivity index (χ4v) is 11.2. The summed E-state index contributed by atoms with van der Waals surface area (Å²) in [7, 11) is -9.88. The minimum absolute atomic E-state index is 0.0157. The van der Waals surface area contributed by atoms with E-state index in [1.165, 1.54) is 4.31 Å². The van der Waals surface area contributed by atoms with E-state index in [2.05, 4.69) is 33.9 Å². The molecule has 0 radical (unpaired) electrons. The van der Waals surface area contributed by atoms with Crippen LogP contribution in [0.1, 0.15) is 70.4 Å². The van der Waals surface area contributed by atoms with Gasteiger partial charge in [-0.3, -0.25) is 4.79 Å². The van der Waals surface area contributed by atoms with Gasteiger partial charge in [0.05, 0.1) is 33.6 Å². The van der Waals surface area contributed by atoms with Crippen LogP contribution < -0.4 is 0 Å². The van der Waals surface area contributed by atoms with E-state index in [1.807, 2.05) is 0 Å². The van der Waals surface area contributed by atoms with Gasteiger partial charge in [-0.25, -0.2) is 16.8 Å². The van der Waals surface area contributed by atoms with Gasteiger partial charge in [-0.15, -0.1) is 0 Å². The first kappa shape index (κ1) is 39.9. The summed E-state index contributed by atoms with van der Waals surface area (Å²) >= 11 is 0. The average Bonchev–Trinajstić information content (AvgIpc) is 3.96. The van der Waals surface area contributed by atoms with Crippen molar-refractivity contribution in [2.24, 2.45) is 11.8 Å². The topological polar surface area (TPSA) is 101 Å². The molecule has 0 amide bonds. The van der Waals surface area contributed by atoms with E-state index in [-0.39, 0.29) is 64.2 Å². The number of hydrogen-bond donors (Lipinski definition) is 0. The third-order valence-electron chi connectivity index (χ3n) is 10.6. The molecular formula is C34H44F6N2O6S2Si. The molecule has 0 bridgehead atoms. The monoisotopic (exact) mass is 782 g/mol. The van der Waals surface area contributed by atoms with Crippen molar-refractivity contribution in [1.29, 1.82) is 0 Å². The number of rotatable bonds is 8. The molecule has 2 heterocycles. The van der Waals surface area contributed by atoms with Gasteiger partial charge in [-0.1, -0.05) is 20.8 Å². The molecule has 2 aliphatic carbocycles. The fraction of sp³-hybridized carbons (Fsp3) is 0.618. The Morgan fingerprint density at radius 3 is 1.49 bits per heavy atom. The molecular weight excluding hydrogens is 739 g/mol. The van der Waals surface area contributed by atoms with E-state index < -0.39 is 51.8 Å². The number of nitrogens with zero attached hydrogens (tertiary/aromatic N) is 2. The predicted molar refractivity (Wildman–Crippen MR) is 180 cm³/mol. The largest absolute Gasteiger partial charge is 0.416 e. The lowest BCUT2D eigenvalue weighted by atomic mass is 10.1. The minimum atomic E-state index is -4.51. The Morgan fingerprint density at radius 1 is 0.686 bits per heavy atom. The molecule has 2 saturated carbocycles. The van der Waals surface area contributed by atoms with E-state index in [4.69, 9.17) is 4.43 Å². The van der Waals surface area contributed by atoms with Crippen LogP contribution in [0.2, 0.25) is 18.1 Å². The van der Waals surface area contributed by atoms with Gasteiger partial charge in [0.25, 0.3) is 0 Å². The van der Waals surface area contributed by atoms with Crippen LogP contribution in [-0.4, -0.2) is 70.8 Å². The number of carbonyl (C=O) groups excluding carboxylic acids is 1. The van der Waals surface area contributed by atoms with Crippen molar-refractivity contribution in [3.63, 3.8) is 0 Å². The van der Waals surface area contributed by atoms with Crippen molar-refractivity contribution in [3.05, 3.63) is 59.7 Å². The van der Waals surface area contributed by atoms with Crippen LogP contribution >= 0.6 is 0 Å². The van der Waals surface area contributed by atoms with Crippen LogP contribution in [0, 0.1) is 11.8 Å². The van der Waals surface area contributed by atoms with Crippen molar-refractivity contribution in [2.75, 3.05) is 13.1 Å². The maximum absolute atomic E-state index is 13.2. The first-order chi connectivity index (χ1) is 23.3. The second kappa shape index (κ2) is 13.8. The number of carbonyl (C=O) groups is 1. The molecule has 51 heavy (non-hydrogen) atoms. The Bertz CT molecular complexity index is 1800. The summed E-state index contributed by atoms with van der Waals surface area (Å²) in [5, 5.41) is 0.0157. The summed E-state index contributed by atoms with van der Waals surface area (Å²) in [6, 6.07) is 6.69. The SMILES string of the molecule is CC(C)(C)[Si](C)(C)O[C@@H]1C[C@@H](C2CC2)N(S(=O)(=O)c2ccc(C(F)(F)F)cc2)C1.O=C1C[C@@H](C2CC2)N(S(=O)(=O)c2ccc(C(F)(F)F)cc2)C1. The molecule has 0 N–H and O–H groups in total. The van der Waals surface area contributed by atoms with Crippen molar-refractivity contribution >= 4 is 34.1 Å².